The van der Waals surface area contributed by atoms with E-state index in [1.165, 1.54) is 10.5 Å². The maximum atomic E-state index is 12.5. The van der Waals surface area contributed by atoms with E-state index in [9.17, 15) is 9.59 Å². The van der Waals surface area contributed by atoms with Crippen LogP contribution in [-0.2, 0) is 9.59 Å². The number of fused-ring (bicyclic) bond motifs is 1. The molecule has 1 heterocycles. The highest BCUT2D eigenvalue weighted by atomic mass is 16.2. The van der Waals surface area contributed by atoms with Crippen LogP contribution in [0.25, 0.3) is 0 Å². The molecular formula is C16H17NO2. The predicted octanol–water partition coefficient (Wildman–Crippen LogP) is 2.84. The molecule has 2 aliphatic rings. The second-order valence-corrected chi connectivity index (χ2v) is 5.50. The first-order valence-corrected chi connectivity index (χ1v) is 6.68. The summed E-state index contributed by atoms with van der Waals surface area (Å²) in [6.45, 7) is 3.96. The Hall–Kier alpha value is -1.90. The molecule has 3 rings (SSSR count). The van der Waals surface area contributed by atoms with Crippen LogP contribution in [0.15, 0.2) is 35.9 Å². The van der Waals surface area contributed by atoms with Crippen molar-refractivity contribution in [2.24, 2.45) is 11.8 Å². The van der Waals surface area contributed by atoms with E-state index in [2.05, 4.69) is 6.08 Å². The van der Waals surface area contributed by atoms with Crippen LogP contribution < -0.4 is 4.90 Å². The Balaban J connectivity index is 2.00. The number of hydrogen-bond acceptors (Lipinski definition) is 2. The Bertz CT molecular complexity index is 588. The minimum absolute atomic E-state index is 0.0308. The average Bonchev–Trinajstić information content (AvgIpc) is 2.63. The summed E-state index contributed by atoms with van der Waals surface area (Å²) in [4.78, 5) is 26.4. The predicted molar refractivity (Wildman–Crippen MR) is 73.6 cm³/mol. The first-order valence-electron chi connectivity index (χ1n) is 6.68. The maximum absolute atomic E-state index is 12.5. The van der Waals surface area contributed by atoms with Crippen molar-refractivity contribution in [1.82, 2.24) is 0 Å². The molecule has 0 N–H and O–H groups in total. The number of rotatable bonds is 1. The van der Waals surface area contributed by atoms with Crippen LogP contribution in [0.3, 0.4) is 0 Å². The number of amides is 2. The fourth-order valence-corrected chi connectivity index (χ4v) is 3.09. The molecule has 0 bridgehead atoms. The Morgan fingerprint density at radius 1 is 1.05 bits per heavy atom. The van der Waals surface area contributed by atoms with Gasteiger partial charge in [-0.15, -0.1) is 0 Å². The summed E-state index contributed by atoms with van der Waals surface area (Å²) >= 11 is 0. The Labute approximate surface area is 112 Å². The van der Waals surface area contributed by atoms with Crippen LogP contribution in [0, 0.1) is 18.8 Å². The van der Waals surface area contributed by atoms with Gasteiger partial charge >= 0.3 is 0 Å². The summed E-state index contributed by atoms with van der Waals surface area (Å²) in [7, 11) is 0. The topological polar surface area (TPSA) is 37.4 Å². The van der Waals surface area contributed by atoms with Crippen molar-refractivity contribution < 1.29 is 9.59 Å². The van der Waals surface area contributed by atoms with E-state index in [1.807, 2.05) is 38.1 Å². The van der Waals surface area contributed by atoms with E-state index >= 15 is 0 Å². The number of benzene rings is 1. The number of aryl methyl sites for hydroxylation is 1. The van der Waals surface area contributed by atoms with Gasteiger partial charge in [0, 0.05) is 0 Å². The molecule has 19 heavy (non-hydrogen) atoms. The van der Waals surface area contributed by atoms with Gasteiger partial charge in [0.1, 0.15) is 0 Å². The Morgan fingerprint density at radius 2 is 1.74 bits per heavy atom. The fourth-order valence-electron chi connectivity index (χ4n) is 3.09. The van der Waals surface area contributed by atoms with Crippen molar-refractivity contribution in [3.8, 4) is 0 Å². The molecule has 0 saturated carbocycles. The summed E-state index contributed by atoms with van der Waals surface area (Å²) in [6, 6.07) is 7.57. The molecule has 3 nitrogen and oxygen atoms in total. The second kappa shape index (κ2) is 4.34. The van der Waals surface area contributed by atoms with Gasteiger partial charge in [0.25, 0.3) is 0 Å². The minimum atomic E-state index is -0.157. The standard InChI is InChI=1S/C16H17NO2/c1-10-7-8-12-13(9-10)16(19)17(15(12)18)14-6-4-3-5-11(14)2/h3-7,12-13H,8-9H2,1-2H3/t12-,13+/m1/s1. The van der Waals surface area contributed by atoms with Crippen LogP contribution in [0.2, 0.25) is 0 Å². The second-order valence-electron chi connectivity index (χ2n) is 5.50. The lowest BCUT2D eigenvalue weighted by molar-refractivity contribution is -0.122. The number of imide groups is 1. The Morgan fingerprint density at radius 3 is 2.47 bits per heavy atom. The molecule has 0 spiro atoms. The number of allylic oxidation sites excluding steroid dienone is 2. The lowest BCUT2D eigenvalue weighted by Crippen LogP contribution is -2.31. The molecule has 98 valence electrons. The zero-order chi connectivity index (χ0) is 13.6. The van der Waals surface area contributed by atoms with E-state index in [0.717, 1.165) is 17.7 Å². The summed E-state index contributed by atoms with van der Waals surface area (Å²) in [6.07, 6.45) is 3.51. The first-order chi connectivity index (χ1) is 9.09. The summed E-state index contributed by atoms with van der Waals surface area (Å²) in [5.41, 5.74) is 2.92. The molecule has 1 saturated heterocycles. The molecular weight excluding hydrogens is 238 g/mol. The van der Waals surface area contributed by atoms with Gasteiger partial charge in [0.05, 0.1) is 17.5 Å². The van der Waals surface area contributed by atoms with Crippen molar-refractivity contribution in [3.05, 3.63) is 41.5 Å². The third-order valence-electron chi connectivity index (χ3n) is 4.18. The molecule has 2 atom stereocenters. The molecule has 1 aromatic carbocycles. The van der Waals surface area contributed by atoms with Gasteiger partial charge in [0.15, 0.2) is 0 Å². The molecule has 3 heteroatoms. The highest BCUT2D eigenvalue weighted by molar-refractivity contribution is 6.22. The maximum Gasteiger partial charge on any atom is 0.238 e. The highest BCUT2D eigenvalue weighted by Gasteiger charge is 2.48. The normalized spacial score (nSPS) is 26.4. The first kappa shape index (κ1) is 12.2. The molecule has 1 fully saturated rings. The molecule has 2 amide bonds. The van der Waals surface area contributed by atoms with E-state index < -0.39 is 0 Å². The monoisotopic (exact) mass is 255 g/mol. The number of anilines is 1. The van der Waals surface area contributed by atoms with E-state index in [1.54, 1.807) is 0 Å². The summed E-state index contributed by atoms with van der Waals surface area (Å²) in [5.74, 6) is -0.377. The zero-order valence-corrected chi connectivity index (χ0v) is 11.2. The van der Waals surface area contributed by atoms with E-state index in [0.29, 0.717) is 6.42 Å². The third kappa shape index (κ3) is 1.81. The quantitative estimate of drug-likeness (QED) is 0.571. The Kier molecular flexibility index (Phi) is 2.77. The molecule has 1 aromatic rings. The van der Waals surface area contributed by atoms with Crippen LogP contribution in [0.5, 0.6) is 0 Å². The van der Waals surface area contributed by atoms with Crippen molar-refractivity contribution >= 4 is 17.5 Å². The van der Waals surface area contributed by atoms with Gasteiger partial charge < -0.3 is 0 Å². The van der Waals surface area contributed by atoms with E-state index in [-0.39, 0.29) is 23.7 Å². The smallest absolute Gasteiger partial charge is 0.238 e. The van der Waals surface area contributed by atoms with Crippen LogP contribution in [0.1, 0.15) is 25.3 Å². The van der Waals surface area contributed by atoms with Gasteiger partial charge in [-0.25, -0.2) is 4.90 Å². The van der Waals surface area contributed by atoms with Crippen molar-refractivity contribution in [2.45, 2.75) is 26.7 Å². The average molecular weight is 255 g/mol. The summed E-state index contributed by atoms with van der Waals surface area (Å²) in [5, 5.41) is 0. The summed E-state index contributed by atoms with van der Waals surface area (Å²) < 4.78 is 0. The van der Waals surface area contributed by atoms with Crippen molar-refractivity contribution in [1.29, 1.82) is 0 Å². The van der Waals surface area contributed by atoms with Gasteiger partial charge in [-0.1, -0.05) is 29.8 Å². The number of para-hydroxylation sites is 1. The molecule has 0 unspecified atom stereocenters. The minimum Gasteiger partial charge on any atom is -0.274 e. The highest BCUT2D eigenvalue weighted by Crippen LogP contribution is 2.40. The third-order valence-corrected chi connectivity index (χ3v) is 4.18. The van der Waals surface area contributed by atoms with Gasteiger partial charge in [-0.3, -0.25) is 9.59 Å². The largest absolute Gasteiger partial charge is 0.274 e. The lowest BCUT2D eigenvalue weighted by Gasteiger charge is -2.18. The number of nitrogens with zero attached hydrogens (tertiary/aromatic N) is 1. The fraction of sp³-hybridized carbons (Fsp3) is 0.375. The molecule has 1 aliphatic carbocycles. The lowest BCUT2D eigenvalue weighted by atomic mass is 9.82. The van der Waals surface area contributed by atoms with Crippen molar-refractivity contribution in [3.63, 3.8) is 0 Å². The SMILES string of the molecule is CC1=CC[C@H]2C(=O)N(c3ccccc3C)C(=O)[C@H]2C1. The molecule has 0 aromatic heterocycles. The van der Waals surface area contributed by atoms with Crippen molar-refractivity contribution in [2.75, 3.05) is 4.90 Å². The van der Waals surface area contributed by atoms with Gasteiger partial charge in [-0.05, 0) is 38.3 Å². The number of carbonyl (C=O) groups excluding carboxylic acids is 2. The van der Waals surface area contributed by atoms with Gasteiger partial charge in [0.2, 0.25) is 11.8 Å². The zero-order valence-electron chi connectivity index (χ0n) is 11.2. The molecule has 1 aliphatic heterocycles. The van der Waals surface area contributed by atoms with E-state index in [4.69, 9.17) is 0 Å². The van der Waals surface area contributed by atoms with Crippen LogP contribution >= 0.6 is 0 Å². The number of carbonyl (C=O) groups is 2. The van der Waals surface area contributed by atoms with Gasteiger partial charge in [-0.2, -0.15) is 0 Å². The van der Waals surface area contributed by atoms with Crippen LogP contribution in [0.4, 0.5) is 5.69 Å². The van der Waals surface area contributed by atoms with Crippen LogP contribution in [-0.4, -0.2) is 11.8 Å². The molecule has 0 radical (unpaired) electrons. The number of hydrogen-bond donors (Lipinski definition) is 0.